The molecule has 0 saturated heterocycles. The van der Waals surface area contributed by atoms with Gasteiger partial charge in [-0.15, -0.1) is 11.3 Å². The highest BCUT2D eigenvalue weighted by Crippen LogP contribution is 2.39. The third kappa shape index (κ3) is 4.10. The van der Waals surface area contributed by atoms with Gasteiger partial charge in [0.2, 0.25) is 0 Å². The first-order valence-electron chi connectivity index (χ1n) is 17.0. The zero-order valence-corrected chi connectivity index (χ0v) is 27.7. The predicted octanol–water partition coefficient (Wildman–Crippen LogP) is 11.1. The van der Waals surface area contributed by atoms with Gasteiger partial charge in [-0.25, -0.2) is 4.67 Å². The lowest BCUT2D eigenvalue weighted by molar-refractivity contribution is 1.11. The van der Waals surface area contributed by atoms with Gasteiger partial charge in [0.25, 0.3) is 0 Å². The van der Waals surface area contributed by atoms with Gasteiger partial charge in [0.15, 0.2) is 5.71 Å². The van der Waals surface area contributed by atoms with E-state index in [-0.39, 0.29) is 5.92 Å². The molecule has 0 saturated carbocycles. The van der Waals surface area contributed by atoms with Crippen LogP contribution in [0.5, 0.6) is 0 Å². The molecule has 1 atom stereocenters. The fraction of sp³-hybridized carbons (Fsp3) is 0.0217. The van der Waals surface area contributed by atoms with Crippen LogP contribution in [-0.2, 0) is 0 Å². The van der Waals surface area contributed by atoms with Crippen LogP contribution in [0.15, 0.2) is 169 Å². The maximum absolute atomic E-state index is 5.55. The smallest absolute Gasteiger partial charge is 0.235 e. The van der Waals surface area contributed by atoms with E-state index in [0.29, 0.717) is 5.96 Å². The van der Waals surface area contributed by atoms with Crippen LogP contribution in [0, 0.1) is 5.92 Å². The Morgan fingerprint density at radius 3 is 2.26 bits per heavy atom. The van der Waals surface area contributed by atoms with E-state index in [1.165, 1.54) is 63.6 Å². The molecule has 2 aliphatic rings. The zero-order valence-electron chi connectivity index (χ0n) is 26.9. The van der Waals surface area contributed by atoms with E-state index < -0.39 is 0 Å². The molecule has 9 aromatic rings. The Kier molecular flexibility index (Phi) is 5.85. The standard InChI is InChI=1S/C46H28N3S/c1-2-11-28(12-3-1)31-21-22-41-37(24-31)38-23-29-13-4-5-14-30(29)25-42(38)49(41)46-47-40-19-8-6-17-35(40)45(48-46)34-18-10-15-32-26-44-39(27-36(32)34)33-16-7-9-20-43(33)50-44/h1-27,35H/q+1. The summed E-state index contributed by atoms with van der Waals surface area (Å²) in [6, 6.07) is 50.7. The predicted molar refractivity (Wildman–Crippen MR) is 215 cm³/mol. The highest BCUT2D eigenvalue weighted by molar-refractivity contribution is 7.25. The highest BCUT2D eigenvalue weighted by atomic mass is 32.1. The summed E-state index contributed by atoms with van der Waals surface area (Å²) >= 11 is 1.86. The number of allylic oxidation sites excluding steroid dienone is 4. The van der Waals surface area contributed by atoms with Crippen LogP contribution in [0.2, 0.25) is 0 Å². The van der Waals surface area contributed by atoms with Crippen LogP contribution in [0.3, 0.4) is 0 Å². The van der Waals surface area contributed by atoms with Crippen molar-refractivity contribution in [3.63, 3.8) is 0 Å². The molecule has 0 N–H and O–H groups in total. The Morgan fingerprint density at radius 2 is 1.34 bits per heavy atom. The van der Waals surface area contributed by atoms with Crippen molar-refractivity contribution in [2.24, 2.45) is 10.9 Å². The first-order chi connectivity index (χ1) is 24.8. The summed E-state index contributed by atoms with van der Waals surface area (Å²) in [6.07, 6.45) is 8.59. The minimum absolute atomic E-state index is 0.0390. The SMILES string of the molecule is C1=CC2=[N+]=C(n3c4ccc(-c5ccccc5)cc4c4cc5ccccc5cc43)N=C(c3cccc4cc5sc6ccccc6c5cc34)C2C=C1. The van der Waals surface area contributed by atoms with Crippen molar-refractivity contribution in [1.82, 2.24) is 9.24 Å². The first-order valence-corrected chi connectivity index (χ1v) is 17.8. The van der Waals surface area contributed by atoms with Crippen LogP contribution in [0.1, 0.15) is 5.56 Å². The first kappa shape index (κ1) is 27.6. The summed E-state index contributed by atoms with van der Waals surface area (Å²) in [5, 5.41) is 9.83. The Morgan fingerprint density at radius 1 is 0.540 bits per heavy atom. The summed E-state index contributed by atoms with van der Waals surface area (Å²) in [6.45, 7) is 0. The molecule has 11 rings (SSSR count). The van der Waals surface area contributed by atoms with Crippen molar-refractivity contribution < 1.29 is 0 Å². The fourth-order valence-corrected chi connectivity index (χ4v) is 9.10. The molecule has 0 fully saturated rings. The molecule has 0 radical (unpaired) electrons. The van der Waals surface area contributed by atoms with Crippen LogP contribution in [-0.4, -0.2) is 22.0 Å². The topological polar surface area (TPSA) is 31.4 Å². The molecule has 1 aliphatic carbocycles. The van der Waals surface area contributed by atoms with Crippen LogP contribution in [0.4, 0.5) is 0 Å². The average Bonchev–Trinajstić information content (AvgIpc) is 3.70. The van der Waals surface area contributed by atoms with E-state index in [1.807, 2.05) is 11.3 Å². The van der Waals surface area contributed by atoms with Crippen LogP contribution < -0.4 is 4.67 Å². The Labute approximate surface area is 291 Å². The van der Waals surface area contributed by atoms with Crippen molar-refractivity contribution >= 4 is 92.2 Å². The number of benzene rings is 7. The summed E-state index contributed by atoms with van der Waals surface area (Å²) in [5.74, 6) is 0.649. The number of aliphatic imine (C=N–C) groups is 1. The second-order valence-corrected chi connectivity index (χ2v) is 14.3. The van der Waals surface area contributed by atoms with Gasteiger partial charge in [0.1, 0.15) is 22.7 Å². The van der Waals surface area contributed by atoms with E-state index in [9.17, 15) is 0 Å². The molecule has 1 aliphatic heterocycles. The number of nitrogens with zero attached hydrogens (tertiary/aromatic N) is 3. The van der Waals surface area contributed by atoms with E-state index in [2.05, 4.69) is 168 Å². The maximum Gasteiger partial charge on any atom is 0.492 e. The molecular formula is C46H28N3S+. The van der Waals surface area contributed by atoms with Crippen molar-refractivity contribution in [3.05, 3.63) is 169 Å². The Hall–Kier alpha value is -6.32. The molecule has 0 amide bonds. The summed E-state index contributed by atoms with van der Waals surface area (Å²) in [7, 11) is 0. The molecule has 1 unspecified atom stereocenters. The Bertz CT molecular complexity index is 3070. The lowest BCUT2D eigenvalue weighted by Gasteiger charge is -2.17. The zero-order chi connectivity index (χ0) is 32.8. The minimum atomic E-state index is -0.0390. The molecule has 7 aromatic carbocycles. The van der Waals surface area contributed by atoms with Gasteiger partial charge in [-0.2, -0.15) is 4.57 Å². The van der Waals surface area contributed by atoms with Gasteiger partial charge in [-0.3, -0.25) is 0 Å². The second kappa shape index (κ2) is 10.6. The Balaban J connectivity index is 1.20. The van der Waals surface area contributed by atoms with Gasteiger partial charge in [-0.05, 0) is 81.2 Å². The number of rotatable bonds is 2. The molecule has 232 valence electrons. The van der Waals surface area contributed by atoms with Gasteiger partial charge in [0, 0.05) is 36.5 Å². The van der Waals surface area contributed by atoms with E-state index in [0.717, 1.165) is 28.0 Å². The summed E-state index contributed by atoms with van der Waals surface area (Å²) < 4.78 is 10.2. The van der Waals surface area contributed by atoms with E-state index in [1.54, 1.807) is 0 Å². The number of fused-ring (bicyclic) bond motifs is 9. The summed E-state index contributed by atoms with van der Waals surface area (Å²) in [4.78, 5) is 5.55. The van der Waals surface area contributed by atoms with E-state index >= 15 is 0 Å². The molecule has 2 aromatic heterocycles. The number of hydrogen-bond acceptors (Lipinski definition) is 2. The normalized spacial score (nSPS) is 15.7. The quantitative estimate of drug-likeness (QED) is 0.166. The highest BCUT2D eigenvalue weighted by Gasteiger charge is 2.35. The van der Waals surface area contributed by atoms with Gasteiger partial charge >= 0.3 is 5.96 Å². The monoisotopic (exact) mass is 654 g/mol. The second-order valence-electron chi connectivity index (χ2n) is 13.2. The molecule has 3 nitrogen and oxygen atoms in total. The molecule has 50 heavy (non-hydrogen) atoms. The fourth-order valence-electron chi connectivity index (χ4n) is 7.97. The molecule has 0 spiro atoms. The lowest BCUT2D eigenvalue weighted by Crippen LogP contribution is -2.33. The lowest BCUT2D eigenvalue weighted by atomic mass is 9.86. The number of hydrogen-bond donors (Lipinski definition) is 0. The van der Waals surface area contributed by atoms with Crippen molar-refractivity contribution in [2.45, 2.75) is 0 Å². The van der Waals surface area contributed by atoms with Gasteiger partial charge < -0.3 is 0 Å². The molecule has 3 heterocycles. The molecular weight excluding hydrogens is 627 g/mol. The van der Waals surface area contributed by atoms with Crippen LogP contribution >= 0.6 is 11.3 Å². The average molecular weight is 655 g/mol. The van der Waals surface area contributed by atoms with Crippen LogP contribution in [0.25, 0.3) is 74.6 Å². The van der Waals surface area contributed by atoms with Crippen molar-refractivity contribution in [1.29, 1.82) is 0 Å². The minimum Gasteiger partial charge on any atom is -0.235 e. The molecule has 0 bridgehead atoms. The van der Waals surface area contributed by atoms with Gasteiger partial charge in [0.05, 0.1) is 0 Å². The van der Waals surface area contributed by atoms with Gasteiger partial charge in [-0.1, -0.05) is 120 Å². The third-order valence-electron chi connectivity index (χ3n) is 10.3. The van der Waals surface area contributed by atoms with E-state index in [4.69, 9.17) is 9.66 Å². The number of aromatic nitrogens is 1. The largest absolute Gasteiger partial charge is 0.492 e. The van der Waals surface area contributed by atoms with Crippen molar-refractivity contribution in [2.75, 3.05) is 0 Å². The number of thiophene rings is 1. The summed E-state index contributed by atoms with van der Waals surface area (Å²) in [5.41, 5.74) is 7.76. The maximum atomic E-state index is 5.55. The third-order valence-corrected chi connectivity index (χ3v) is 11.5. The van der Waals surface area contributed by atoms with Crippen molar-refractivity contribution in [3.8, 4) is 11.1 Å². The molecule has 4 heteroatoms.